The molecule has 0 saturated heterocycles. The van der Waals surface area contributed by atoms with Crippen LogP contribution in [-0.4, -0.2) is 0 Å². The smallest absolute Gasteiger partial charge is 0.143 e. The molecule has 10 aromatic carbocycles. The second-order valence-electron chi connectivity index (χ2n) is 18.0. The Labute approximate surface area is 383 Å². The molecule has 0 amide bonds. The molecule has 12 aromatic rings. The van der Waals surface area contributed by atoms with Crippen molar-refractivity contribution in [1.82, 2.24) is 0 Å². The van der Waals surface area contributed by atoms with Crippen LogP contribution < -0.4 is 4.90 Å². The van der Waals surface area contributed by atoms with Gasteiger partial charge in [-0.05, 0) is 122 Å². The summed E-state index contributed by atoms with van der Waals surface area (Å²) >= 11 is 0. The molecule has 1 aliphatic carbocycles. The first-order chi connectivity index (χ1) is 32.5. The van der Waals surface area contributed by atoms with Crippen molar-refractivity contribution >= 4 is 60.9 Å². The highest BCUT2D eigenvalue weighted by atomic mass is 16.3. The molecule has 2 heterocycles. The van der Waals surface area contributed by atoms with E-state index in [0.717, 1.165) is 83.2 Å². The van der Waals surface area contributed by atoms with E-state index < -0.39 is 0 Å². The lowest BCUT2D eigenvalue weighted by Crippen LogP contribution is -2.16. The van der Waals surface area contributed by atoms with E-state index >= 15 is 0 Å². The summed E-state index contributed by atoms with van der Waals surface area (Å²) in [6.07, 6.45) is 0. The first kappa shape index (κ1) is 38.1. The van der Waals surface area contributed by atoms with Gasteiger partial charge in [0.1, 0.15) is 22.3 Å². The second-order valence-corrected chi connectivity index (χ2v) is 18.0. The molecule has 0 saturated carbocycles. The van der Waals surface area contributed by atoms with Gasteiger partial charge in [0, 0.05) is 49.6 Å². The third kappa shape index (κ3) is 5.97. The SMILES string of the molecule is CC1(C)c2ccccc2-c2ccc(N(c3ccc(-c4ccccc4)cc3)c3ccc(-c4c(-c5ccc(-c6ccccc6)cc5)ccc5c4oc4ccc6oc7ccccc7c6c45)cc3)cc21. The number of para-hydroxylation sites is 1. The van der Waals surface area contributed by atoms with E-state index in [-0.39, 0.29) is 5.41 Å². The molecule has 0 unspecified atom stereocenters. The molecule has 66 heavy (non-hydrogen) atoms. The molecule has 3 heteroatoms. The molecule has 2 aromatic heterocycles. The third-order valence-corrected chi connectivity index (χ3v) is 13.9. The Kier molecular flexibility index (Phi) is 8.56. The largest absolute Gasteiger partial charge is 0.456 e. The van der Waals surface area contributed by atoms with Crippen LogP contribution in [0.1, 0.15) is 25.0 Å². The highest BCUT2D eigenvalue weighted by Crippen LogP contribution is 2.51. The highest BCUT2D eigenvalue weighted by Gasteiger charge is 2.36. The Morgan fingerprint density at radius 3 is 1.53 bits per heavy atom. The van der Waals surface area contributed by atoms with Crippen molar-refractivity contribution in [1.29, 1.82) is 0 Å². The highest BCUT2D eigenvalue weighted by molar-refractivity contribution is 6.27. The molecule has 0 radical (unpaired) electrons. The number of furan rings is 2. The minimum atomic E-state index is -0.135. The second kappa shape index (κ2) is 14.8. The van der Waals surface area contributed by atoms with Crippen LogP contribution in [-0.2, 0) is 5.41 Å². The van der Waals surface area contributed by atoms with E-state index in [9.17, 15) is 0 Å². The minimum Gasteiger partial charge on any atom is -0.456 e. The molecule has 3 nitrogen and oxygen atoms in total. The minimum absolute atomic E-state index is 0.135. The Hall–Kier alpha value is -8.40. The van der Waals surface area contributed by atoms with Crippen molar-refractivity contribution < 1.29 is 8.83 Å². The van der Waals surface area contributed by atoms with Crippen molar-refractivity contribution in [3.63, 3.8) is 0 Å². The fourth-order valence-corrected chi connectivity index (χ4v) is 10.6. The molecule has 0 bridgehead atoms. The first-order valence-electron chi connectivity index (χ1n) is 22.7. The summed E-state index contributed by atoms with van der Waals surface area (Å²) in [7, 11) is 0. The normalized spacial score (nSPS) is 12.8. The predicted octanol–water partition coefficient (Wildman–Crippen LogP) is 17.9. The van der Waals surface area contributed by atoms with Crippen LogP contribution in [0.15, 0.2) is 233 Å². The zero-order chi connectivity index (χ0) is 43.9. The number of nitrogens with zero attached hydrogens (tertiary/aromatic N) is 1. The maximum Gasteiger partial charge on any atom is 0.143 e. The molecule has 1 aliphatic rings. The van der Waals surface area contributed by atoms with Crippen molar-refractivity contribution in [3.05, 3.63) is 236 Å². The van der Waals surface area contributed by atoms with Gasteiger partial charge >= 0.3 is 0 Å². The Balaban J connectivity index is 0.986. The maximum absolute atomic E-state index is 7.02. The number of rotatable bonds is 7. The van der Waals surface area contributed by atoms with Gasteiger partial charge in [-0.3, -0.25) is 0 Å². The molecule has 0 fully saturated rings. The van der Waals surface area contributed by atoms with E-state index in [0.29, 0.717) is 0 Å². The number of hydrogen-bond acceptors (Lipinski definition) is 3. The summed E-state index contributed by atoms with van der Waals surface area (Å²) in [5.41, 5.74) is 21.0. The van der Waals surface area contributed by atoms with Crippen LogP contribution in [0, 0.1) is 0 Å². The summed E-state index contributed by atoms with van der Waals surface area (Å²) in [5.74, 6) is 0. The lowest BCUT2D eigenvalue weighted by molar-refractivity contribution is 0.660. The van der Waals surface area contributed by atoms with Crippen LogP contribution in [0.25, 0.3) is 99.5 Å². The van der Waals surface area contributed by atoms with Gasteiger partial charge < -0.3 is 13.7 Å². The van der Waals surface area contributed by atoms with Crippen molar-refractivity contribution in [2.75, 3.05) is 4.90 Å². The predicted molar refractivity (Wildman–Crippen MR) is 275 cm³/mol. The Morgan fingerprint density at radius 1 is 0.333 bits per heavy atom. The zero-order valence-electron chi connectivity index (χ0n) is 36.6. The van der Waals surface area contributed by atoms with Gasteiger partial charge in [-0.2, -0.15) is 0 Å². The molecule has 312 valence electrons. The fraction of sp³-hybridized carbons (Fsp3) is 0.0476. The fourth-order valence-electron chi connectivity index (χ4n) is 10.6. The van der Waals surface area contributed by atoms with Gasteiger partial charge in [-0.25, -0.2) is 0 Å². The zero-order valence-corrected chi connectivity index (χ0v) is 36.6. The lowest BCUT2D eigenvalue weighted by Gasteiger charge is -2.28. The van der Waals surface area contributed by atoms with E-state index in [1.807, 2.05) is 18.2 Å². The van der Waals surface area contributed by atoms with Crippen LogP contribution in [0.5, 0.6) is 0 Å². The van der Waals surface area contributed by atoms with Crippen molar-refractivity contribution in [3.8, 4) is 55.6 Å². The van der Waals surface area contributed by atoms with Crippen LogP contribution >= 0.6 is 0 Å². The summed E-state index contributed by atoms with van der Waals surface area (Å²) in [5, 5.41) is 4.30. The van der Waals surface area contributed by atoms with Crippen LogP contribution in [0.2, 0.25) is 0 Å². The van der Waals surface area contributed by atoms with Gasteiger partial charge in [0.25, 0.3) is 0 Å². The average molecular weight is 846 g/mol. The van der Waals surface area contributed by atoms with Crippen LogP contribution in [0.3, 0.4) is 0 Å². The standard InChI is InChI=1S/C63H43NO2/c1-63(2)54-19-11-9-17-50(54)51-34-33-48(39-55(51)63)64(46-29-25-43(26-30-46)41-15-7-4-8-16-41)47-31-27-45(28-32-47)59-49(44-23-21-42(22-24-44)40-13-5-3-6-14-40)35-36-53-61-58(66-62(53)59)38-37-57-60(61)52-18-10-12-20-56(52)65-57/h3-39H,1-2H3. The topological polar surface area (TPSA) is 29.5 Å². The lowest BCUT2D eigenvalue weighted by atomic mass is 9.82. The summed E-state index contributed by atoms with van der Waals surface area (Å²) in [6, 6.07) is 80.8. The molecule has 0 atom stereocenters. The monoisotopic (exact) mass is 845 g/mol. The molecular formula is C63H43NO2. The number of benzene rings is 10. The van der Waals surface area contributed by atoms with E-state index in [2.05, 4.69) is 225 Å². The van der Waals surface area contributed by atoms with Gasteiger partial charge in [0.05, 0.1) is 0 Å². The van der Waals surface area contributed by atoms with Crippen LogP contribution in [0.4, 0.5) is 17.1 Å². The molecule has 0 spiro atoms. The molecular weight excluding hydrogens is 803 g/mol. The third-order valence-electron chi connectivity index (χ3n) is 13.9. The molecule has 0 N–H and O–H groups in total. The number of fused-ring (bicyclic) bond motifs is 10. The van der Waals surface area contributed by atoms with Gasteiger partial charge in [0.2, 0.25) is 0 Å². The van der Waals surface area contributed by atoms with Crippen molar-refractivity contribution in [2.45, 2.75) is 19.3 Å². The van der Waals surface area contributed by atoms with Gasteiger partial charge in [-0.1, -0.05) is 178 Å². The quantitative estimate of drug-likeness (QED) is 0.160. The molecule has 0 aliphatic heterocycles. The Morgan fingerprint density at radius 2 is 0.833 bits per heavy atom. The first-order valence-corrected chi connectivity index (χ1v) is 22.7. The van der Waals surface area contributed by atoms with Gasteiger partial charge in [-0.15, -0.1) is 0 Å². The van der Waals surface area contributed by atoms with E-state index in [1.165, 1.54) is 44.5 Å². The van der Waals surface area contributed by atoms with Gasteiger partial charge in [0.15, 0.2) is 0 Å². The number of hydrogen-bond donors (Lipinski definition) is 0. The summed E-state index contributed by atoms with van der Waals surface area (Å²) in [6.45, 7) is 4.70. The van der Waals surface area contributed by atoms with E-state index in [1.54, 1.807) is 0 Å². The molecule has 13 rings (SSSR count). The number of anilines is 3. The Bertz CT molecular complexity index is 3800. The van der Waals surface area contributed by atoms with E-state index in [4.69, 9.17) is 8.83 Å². The van der Waals surface area contributed by atoms with Crippen molar-refractivity contribution in [2.24, 2.45) is 0 Å². The summed E-state index contributed by atoms with van der Waals surface area (Å²) in [4.78, 5) is 2.39. The maximum atomic E-state index is 7.02. The average Bonchev–Trinajstić information content (AvgIpc) is 4.02. The summed E-state index contributed by atoms with van der Waals surface area (Å²) < 4.78 is 13.4.